The zero-order valence-electron chi connectivity index (χ0n) is 15.9. The van der Waals surface area contributed by atoms with Gasteiger partial charge in [-0.05, 0) is 49.6 Å². The molecule has 1 aliphatic heterocycles. The van der Waals surface area contributed by atoms with E-state index in [2.05, 4.69) is 52.1 Å². The molecule has 1 aliphatic rings. The lowest BCUT2D eigenvalue weighted by atomic mass is 10.0. The number of benzene rings is 1. The van der Waals surface area contributed by atoms with Gasteiger partial charge in [0, 0.05) is 54.5 Å². The second-order valence-corrected chi connectivity index (χ2v) is 6.58. The lowest BCUT2D eigenvalue weighted by Gasteiger charge is -2.17. The van der Waals surface area contributed by atoms with Crippen molar-refractivity contribution in [3.63, 3.8) is 0 Å². The minimum absolute atomic E-state index is 0.994. The quantitative estimate of drug-likeness (QED) is 0.760. The van der Waals surface area contributed by atoms with Crippen molar-refractivity contribution >= 4 is 10.9 Å². The zero-order chi connectivity index (χ0) is 17.8. The van der Waals surface area contributed by atoms with E-state index >= 15 is 0 Å². The number of hydrogen-bond donors (Lipinski definition) is 1. The third kappa shape index (κ3) is 3.62. The van der Waals surface area contributed by atoms with Crippen LogP contribution in [0.1, 0.15) is 41.9 Å². The summed E-state index contributed by atoms with van der Waals surface area (Å²) in [6.07, 6.45) is 4.17. The predicted molar refractivity (Wildman–Crippen MR) is 106 cm³/mol. The minimum atomic E-state index is 0.994. The van der Waals surface area contributed by atoms with Crippen LogP contribution in [0.25, 0.3) is 10.9 Å². The average Bonchev–Trinajstić information content (AvgIpc) is 2.96. The highest BCUT2D eigenvalue weighted by Gasteiger charge is 2.19. The molecule has 0 bridgehead atoms. The summed E-state index contributed by atoms with van der Waals surface area (Å²) in [6.45, 7) is 11.3. The predicted octanol–water partition coefficient (Wildman–Crippen LogP) is 4.57. The smallest absolute Gasteiger partial charge is 0.0486 e. The topological polar surface area (TPSA) is 29.9 Å². The number of rotatable bonds is 3. The molecule has 3 heterocycles. The van der Waals surface area contributed by atoms with Gasteiger partial charge in [-0.15, -0.1) is 0 Å². The summed E-state index contributed by atoms with van der Waals surface area (Å²) in [4.78, 5) is 4.42. The van der Waals surface area contributed by atoms with Crippen LogP contribution in [0.5, 0.6) is 0 Å². The number of fused-ring (bicyclic) bond motifs is 3. The number of hydrogen-bond acceptors (Lipinski definition) is 2. The average molecular weight is 335 g/mol. The van der Waals surface area contributed by atoms with E-state index in [0.29, 0.717) is 0 Å². The van der Waals surface area contributed by atoms with E-state index in [1.54, 1.807) is 0 Å². The Hall–Kier alpha value is -2.13. The first-order valence-corrected chi connectivity index (χ1v) is 9.45. The van der Waals surface area contributed by atoms with Crippen LogP contribution in [0.2, 0.25) is 0 Å². The number of aromatic nitrogens is 2. The summed E-state index contributed by atoms with van der Waals surface area (Å²) in [5.74, 6) is 0. The second kappa shape index (κ2) is 7.83. The summed E-state index contributed by atoms with van der Waals surface area (Å²) < 4.78 is 2.53. The molecular formula is C22H29N3. The van der Waals surface area contributed by atoms with Crippen molar-refractivity contribution < 1.29 is 0 Å². The molecule has 0 spiro atoms. The number of pyridine rings is 1. The van der Waals surface area contributed by atoms with Gasteiger partial charge in [-0.3, -0.25) is 4.98 Å². The Morgan fingerprint density at radius 3 is 2.72 bits per heavy atom. The van der Waals surface area contributed by atoms with Crippen molar-refractivity contribution in [1.82, 2.24) is 14.9 Å². The normalized spacial score (nSPS) is 13.3. The maximum absolute atomic E-state index is 4.42. The van der Waals surface area contributed by atoms with Crippen LogP contribution >= 0.6 is 0 Å². The highest BCUT2D eigenvalue weighted by Crippen LogP contribution is 2.29. The van der Waals surface area contributed by atoms with Crippen LogP contribution in [0, 0.1) is 13.8 Å². The number of aryl methyl sites for hydroxylation is 4. The highest BCUT2D eigenvalue weighted by molar-refractivity contribution is 5.86. The lowest BCUT2D eigenvalue weighted by molar-refractivity contribution is 0.594. The number of nitrogens with one attached hydrogen (secondary N) is 1. The molecule has 0 radical (unpaired) electrons. The summed E-state index contributed by atoms with van der Waals surface area (Å²) in [6, 6.07) is 11.2. The molecule has 0 saturated carbocycles. The Labute approximate surface area is 151 Å². The van der Waals surface area contributed by atoms with Gasteiger partial charge >= 0.3 is 0 Å². The van der Waals surface area contributed by atoms with E-state index in [0.717, 1.165) is 38.2 Å². The van der Waals surface area contributed by atoms with Gasteiger partial charge in [-0.2, -0.15) is 0 Å². The van der Waals surface area contributed by atoms with Crippen LogP contribution in [0.4, 0.5) is 0 Å². The Kier molecular flexibility index (Phi) is 5.54. The van der Waals surface area contributed by atoms with Gasteiger partial charge in [-0.25, -0.2) is 0 Å². The molecule has 2 aromatic heterocycles. The standard InChI is InChI=1S/C20H23N3.C2H6/c1-14-3-6-19-17(11-14)18-13-21-9-7-20(18)23(19)10-8-16-5-4-15(2)22-12-16;1-2/h3-6,11-12,21H,7-10,13H2,1-2H3;1-2H3. The minimum Gasteiger partial charge on any atom is -0.344 e. The monoisotopic (exact) mass is 335 g/mol. The van der Waals surface area contributed by atoms with Crippen molar-refractivity contribution in [2.45, 2.75) is 53.6 Å². The van der Waals surface area contributed by atoms with E-state index in [-0.39, 0.29) is 0 Å². The molecule has 0 saturated heterocycles. The zero-order valence-corrected chi connectivity index (χ0v) is 15.9. The molecular weight excluding hydrogens is 306 g/mol. The van der Waals surface area contributed by atoms with Crippen molar-refractivity contribution in [1.29, 1.82) is 0 Å². The van der Waals surface area contributed by atoms with Gasteiger partial charge < -0.3 is 9.88 Å². The van der Waals surface area contributed by atoms with Gasteiger partial charge in [-0.1, -0.05) is 31.5 Å². The summed E-state index contributed by atoms with van der Waals surface area (Å²) in [7, 11) is 0. The van der Waals surface area contributed by atoms with Crippen molar-refractivity contribution in [3.8, 4) is 0 Å². The highest BCUT2D eigenvalue weighted by atomic mass is 15.0. The van der Waals surface area contributed by atoms with Gasteiger partial charge in [0.25, 0.3) is 0 Å². The molecule has 3 nitrogen and oxygen atoms in total. The molecule has 0 aliphatic carbocycles. The molecule has 4 rings (SSSR count). The van der Waals surface area contributed by atoms with E-state index in [4.69, 9.17) is 0 Å². The Balaban J connectivity index is 0.000000880. The maximum atomic E-state index is 4.42. The van der Waals surface area contributed by atoms with Crippen molar-refractivity contribution in [3.05, 3.63) is 64.6 Å². The van der Waals surface area contributed by atoms with Crippen molar-refractivity contribution in [2.75, 3.05) is 6.54 Å². The van der Waals surface area contributed by atoms with Gasteiger partial charge in [0.05, 0.1) is 0 Å². The summed E-state index contributed by atoms with van der Waals surface area (Å²) >= 11 is 0. The maximum Gasteiger partial charge on any atom is 0.0486 e. The molecule has 25 heavy (non-hydrogen) atoms. The first-order valence-electron chi connectivity index (χ1n) is 9.45. The Bertz CT molecular complexity index is 844. The fraction of sp³-hybridized carbons (Fsp3) is 0.409. The SMILES string of the molecule is CC.Cc1ccc2c(c1)c1c(n2CCc2ccc(C)nc2)CCNC1. The van der Waals surface area contributed by atoms with Gasteiger partial charge in [0.15, 0.2) is 0 Å². The van der Waals surface area contributed by atoms with Crippen LogP contribution in [0.15, 0.2) is 36.5 Å². The molecule has 3 heteroatoms. The van der Waals surface area contributed by atoms with Gasteiger partial charge in [0.2, 0.25) is 0 Å². The molecule has 3 aromatic rings. The molecule has 0 atom stereocenters. The first-order chi connectivity index (χ1) is 12.2. The molecule has 1 aromatic carbocycles. The molecule has 0 fully saturated rings. The van der Waals surface area contributed by atoms with Crippen LogP contribution < -0.4 is 5.32 Å². The fourth-order valence-electron chi connectivity index (χ4n) is 3.64. The largest absolute Gasteiger partial charge is 0.344 e. The number of nitrogens with zero attached hydrogens (tertiary/aromatic N) is 2. The molecule has 0 amide bonds. The van der Waals surface area contributed by atoms with E-state index in [1.807, 2.05) is 27.0 Å². The second-order valence-electron chi connectivity index (χ2n) is 6.58. The molecule has 132 valence electrons. The third-order valence-electron chi connectivity index (χ3n) is 4.88. The summed E-state index contributed by atoms with van der Waals surface area (Å²) in [5.41, 5.74) is 8.13. The van der Waals surface area contributed by atoms with Crippen LogP contribution in [0.3, 0.4) is 0 Å². The Morgan fingerprint density at radius 2 is 1.96 bits per heavy atom. The van der Waals surface area contributed by atoms with E-state index in [9.17, 15) is 0 Å². The first kappa shape index (κ1) is 17.7. The van der Waals surface area contributed by atoms with Crippen LogP contribution in [-0.4, -0.2) is 16.1 Å². The van der Waals surface area contributed by atoms with Crippen molar-refractivity contribution in [2.24, 2.45) is 0 Å². The lowest BCUT2D eigenvalue weighted by Crippen LogP contribution is -2.24. The molecule has 0 unspecified atom stereocenters. The third-order valence-corrected chi connectivity index (χ3v) is 4.88. The van der Waals surface area contributed by atoms with Crippen LogP contribution in [-0.2, 0) is 25.9 Å². The molecule has 1 N–H and O–H groups in total. The van der Waals surface area contributed by atoms with Gasteiger partial charge in [0.1, 0.15) is 0 Å². The fourth-order valence-corrected chi connectivity index (χ4v) is 3.64. The summed E-state index contributed by atoms with van der Waals surface area (Å²) in [5, 5.41) is 4.95. The van der Waals surface area contributed by atoms with E-state index in [1.165, 1.54) is 33.3 Å². The van der Waals surface area contributed by atoms with E-state index < -0.39 is 0 Å². The Morgan fingerprint density at radius 1 is 1.12 bits per heavy atom.